The normalized spacial score (nSPS) is 31.1. The fourth-order valence-electron chi connectivity index (χ4n) is 3.83. The molecule has 30 heavy (non-hydrogen) atoms. The van der Waals surface area contributed by atoms with E-state index in [1.807, 2.05) is 60.7 Å². The van der Waals surface area contributed by atoms with Crippen LogP contribution >= 0.6 is 0 Å². The molecule has 2 fully saturated rings. The molecule has 1 unspecified atom stereocenters. The van der Waals surface area contributed by atoms with Crippen molar-refractivity contribution in [2.24, 2.45) is 0 Å². The lowest BCUT2D eigenvalue weighted by Crippen LogP contribution is -2.63. The summed E-state index contributed by atoms with van der Waals surface area (Å²) < 4.78 is 36.4. The Hall–Kier alpha value is -2.06. The lowest BCUT2D eigenvalue weighted by atomic mass is 9.97. The predicted molar refractivity (Wildman–Crippen MR) is 111 cm³/mol. The zero-order chi connectivity index (χ0) is 20.8. The molecule has 6 heteroatoms. The topological polar surface area (TPSA) is 55.4 Å². The van der Waals surface area contributed by atoms with Gasteiger partial charge in [0.1, 0.15) is 24.4 Å². The minimum atomic E-state index is -0.592. The van der Waals surface area contributed by atoms with Crippen molar-refractivity contribution < 1.29 is 28.4 Å². The number of rotatable bonds is 8. The van der Waals surface area contributed by atoms with Gasteiger partial charge in [-0.25, -0.2) is 0 Å². The van der Waals surface area contributed by atoms with E-state index in [1.54, 1.807) is 13.2 Å². The Morgan fingerprint density at radius 1 is 0.967 bits per heavy atom. The monoisotopic (exact) mass is 412 g/mol. The first-order chi connectivity index (χ1) is 14.8. The SMILES string of the molecule is C=CCO[C@@H]1[C@@H](OCc2ccccc2)[C@@H](OC)O[C@@H]2COC(c3ccccc3)O[C@@H]12. The predicted octanol–water partition coefficient (Wildman–Crippen LogP) is 3.63. The van der Waals surface area contributed by atoms with Crippen LogP contribution in [-0.4, -0.2) is 51.0 Å². The molecule has 2 aliphatic heterocycles. The highest BCUT2D eigenvalue weighted by molar-refractivity contribution is 5.17. The van der Waals surface area contributed by atoms with Gasteiger partial charge in [0.25, 0.3) is 0 Å². The van der Waals surface area contributed by atoms with E-state index < -0.39 is 24.8 Å². The van der Waals surface area contributed by atoms with Crippen molar-refractivity contribution in [3.8, 4) is 0 Å². The summed E-state index contributed by atoms with van der Waals surface area (Å²) in [5.74, 6) is 0. The number of benzene rings is 2. The number of hydrogen-bond acceptors (Lipinski definition) is 6. The van der Waals surface area contributed by atoms with E-state index in [9.17, 15) is 0 Å². The van der Waals surface area contributed by atoms with Crippen LogP contribution in [0.25, 0.3) is 0 Å². The number of methoxy groups -OCH3 is 1. The molecule has 4 rings (SSSR count). The van der Waals surface area contributed by atoms with Crippen molar-refractivity contribution in [3.63, 3.8) is 0 Å². The molecule has 2 aromatic carbocycles. The quantitative estimate of drug-likeness (QED) is 0.617. The summed E-state index contributed by atoms with van der Waals surface area (Å²) in [4.78, 5) is 0. The fourth-order valence-corrected chi connectivity index (χ4v) is 3.83. The van der Waals surface area contributed by atoms with Crippen LogP contribution in [0, 0.1) is 0 Å². The molecule has 2 aliphatic rings. The van der Waals surface area contributed by atoms with Gasteiger partial charge >= 0.3 is 0 Å². The molecule has 160 valence electrons. The molecule has 0 amide bonds. The van der Waals surface area contributed by atoms with E-state index in [4.69, 9.17) is 28.4 Å². The number of fused-ring (bicyclic) bond motifs is 1. The van der Waals surface area contributed by atoms with E-state index in [0.29, 0.717) is 19.8 Å². The highest BCUT2D eigenvalue weighted by atomic mass is 16.8. The van der Waals surface area contributed by atoms with Gasteiger partial charge in [0.05, 0.1) is 19.8 Å². The van der Waals surface area contributed by atoms with Crippen LogP contribution in [0.3, 0.4) is 0 Å². The second kappa shape index (κ2) is 10.3. The molecule has 0 saturated carbocycles. The fraction of sp³-hybridized carbons (Fsp3) is 0.417. The van der Waals surface area contributed by atoms with Crippen LogP contribution in [0.1, 0.15) is 17.4 Å². The van der Waals surface area contributed by atoms with Gasteiger partial charge in [-0.15, -0.1) is 6.58 Å². The standard InChI is InChI=1S/C24H28O6/c1-3-14-26-21-20-19(16-28-23(30-20)18-12-8-5-9-13-18)29-24(25-2)22(21)27-15-17-10-6-4-7-11-17/h3-13,19-24H,1,14-16H2,2H3/t19-,20-,21+,22-,23?,24+/m1/s1. The van der Waals surface area contributed by atoms with Crippen molar-refractivity contribution >= 4 is 0 Å². The molecule has 0 radical (unpaired) electrons. The third-order valence-corrected chi connectivity index (χ3v) is 5.28. The molecule has 0 N–H and O–H groups in total. The van der Waals surface area contributed by atoms with Gasteiger partial charge in [-0.05, 0) is 5.56 Å². The Bertz CT molecular complexity index is 777. The number of hydrogen-bond donors (Lipinski definition) is 0. The largest absolute Gasteiger partial charge is 0.368 e. The molecule has 0 aliphatic carbocycles. The third kappa shape index (κ3) is 4.81. The average molecular weight is 412 g/mol. The van der Waals surface area contributed by atoms with Gasteiger partial charge in [-0.3, -0.25) is 0 Å². The second-order valence-corrected chi connectivity index (χ2v) is 7.30. The van der Waals surface area contributed by atoms with Crippen molar-refractivity contribution in [1.29, 1.82) is 0 Å². The first-order valence-corrected chi connectivity index (χ1v) is 10.2. The molecule has 2 heterocycles. The van der Waals surface area contributed by atoms with Crippen molar-refractivity contribution in [2.45, 2.75) is 43.6 Å². The van der Waals surface area contributed by atoms with Crippen LogP contribution in [0.2, 0.25) is 0 Å². The molecule has 6 nitrogen and oxygen atoms in total. The highest BCUT2D eigenvalue weighted by Crippen LogP contribution is 2.36. The minimum absolute atomic E-state index is 0.318. The Morgan fingerprint density at radius 2 is 1.70 bits per heavy atom. The van der Waals surface area contributed by atoms with Crippen molar-refractivity contribution in [1.82, 2.24) is 0 Å². The lowest BCUT2D eigenvalue weighted by Gasteiger charge is -2.48. The zero-order valence-corrected chi connectivity index (χ0v) is 17.1. The molecule has 2 saturated heterocycles. The van der Waals surface area contributed by atoms with Crippen LogP contribution in [-0.2, 0) is 35.0 Å². The smallest absolute Gasteiger partial charge is 0.186 e. The Kier molecular flexibility index (Phi) is 7.28. The van der Waals surface area contributed by atoms with Gasteiger partial charge in [0.2, 0.25) is 0 Å². The average Bonchev–Trinajstić information content (AvgIpc) is 2.82. The van der Waals surface area contributed by atoms with Crippen LogP contribution in [0.4, 0.5) is 0 Å². The van der Waals surface area contributed by atoms with Gasteiger partial charge in [-0.2, -0.15) is 0 Å². The summed E-state index contributed by atoms with van der Waals surface area (Å²) in [6, 6.07) is 19.8. The zero-order valence-electron chi connectivity index (χ0n) is 17.1. The second-order valence-electron chi connectivity index (χ2n) is 7.30. The van der Waals surface area contributed by atoms with Gasteiger partial charge in [0, 0.05) is 12.7 Å². The summed E-state index contributed by atoms with van der Waals surface area (Å²) >= 11 is 0. The Labute approximate surface area is 177 Å². The van der Waals surface area contributed by atoms with E-state index in [0.717, 1.165) is 11.1 Å². The molecule has 0 spiro atoms. The third-order valence-electron chi connectivity index (χ3n) is 5.28. The maximum Gasteiger partial charge on any atom is 0.186 e. The lowest BCUT2D eigenvalue weighted by molar-refractivity contribution is -0.367. The summed E-state index contributed by atoms with van der Waals surface area (Å²) in [6.45, 7) is 4.94. The maximum absolute atomic E-state index is 6.32. The van der Waals surface area contributed by atoms with Crippen molar-refractivity contribution in [3.05, 3.63) is 84.4 Å². The van der Waals surface area contributed by atoms with Crippen molar-refractivity contribution in [2.75, 3.05) is 20.3 Å². The molecule has 2 aromatic rings. The van der Waals surface area contributed by atoms with E-state index in [-0.39, 0.29) is 12.2 Å². The van der Waals surface area contributed by atoms with E-state index in [2.05, 4.69) is 6.58 Å². The molecular formula is C24H28O6. The van der Waals surface area contributed by atoms with Crippen LogP contribution < -0.4 is 0 Å². The summed E-state index contributed by atoms with van der Waals surface area (Å²) in [5, 5.41) is 0. The minimum Gasteiger partial charge on any atom is -0.368 e. The molecular weight excluding hydrogens is 384 g/mol. The first-order valence-electron chi connectivity index (χ1n) is 10.2. The molecule has 6 atom stereocenters. The van der Waals surface area contributed by atoms with Gasteiger partial charge < -0.3 is 28.4 Å². The molecule has 0 bridgehead atoms. The maximum atomic E-state index is 6.32. The number of ether oxygens (including phenoxy) is 6. The summed E-state index contributed by atoms with van der Waals surface area (Å²) in [6.07, 6.45) is -0.909. The summed E-state index contributed by atoms with van der Waals surface area (Å²) in [7, 11) is 1.60. The highest BCUT2D eigenvalue weighted by Gasteiger charge is 2.51. The van der Waals surface area contributed by atoms with E-state index in [1.165, 1.54) is 0 Å². The summed E-state index contributed by atoms with van der Waals surface area (Å²) in [5.41, 5.74) is 2.01. The Morgan fingerprint density at radius 3 is 2.40 bits per heavy atom. The van der Waals surface area contributed by atoms with Crippen LogP contribution in [0.15, 0.2) is 73.3 Å². The van der Waals surface area contributed by atoms with Gasteiger partial charge in [0.15, 0.2) is 12.6 Å². The molecule has 0 aromatic heterocycles. The van der Waals surface area contributed by atoms with E-state index >= 15 is 0 Å². The van der Waals surface area contributed by atoms with Gasteiger partial charge in [-0.1, -0.05) is 66.7 Å². The Balaban J connectivity index is 1.54. The first kappa shape index (κ1) is 21.2. The van der Waals surface area contributed by atoms with Crippen LogP contribution in [0.5, 0.6) is 0 Å².